The minimum atomic E-state index is -3.02. The Kier molecular flexibility index (Phi) is 7.35. The van der Waals surface area contributed by atoms with E-state index in [1.54, 1.807) is 6.20 Å². The van der Waals surface area contributed by atoms with E-state index in [0.29, 0.717) is 24.7 Å². The van der Waals surface area contributed by atoms with Crippen molar-refractivity contribution in [1.82, 2.24) is 15.0 Å². The van der Waals surface area contributed by atoms with Crippen LogP contribution < -0.4 is 10.1 Å². The summed E-state index contributed by atoms with van der Waals surface area (Å²) >= 11 is 0. The number of aromatic nitrogens is 3. The Morgan fingerprint density at radius 3 is 2.74 bits per heavy atom. The SMILES string of the molecule is COC(=O)C1CCC(Nc2nccc(-c3c[nH]c4cccc(OCCCS(C)(=O)=O)c34)n2)CC1. The van der Waals surface area contributed by atoms with Crippen LogP contribution in [0.4, 0.5) is 5.95 Å². The van der Waals surface area contributed by atoms with E-state index in [-0.39, 0.29) is 23.7 Å². The largest absolute Gasteiger partial charge is 0.493 e. The summed E-state index contributed by atoms with van der Waals surface area (Å²) < 4.78 is 33.6. The lowest BCUT2D eigenvalue weighted by Gasteiger charge is -2.27. The van der Waals surface area contributed by atoms with Crippen molar-refractivity contribution in [2.24, 2.45) is 5.92 Å². The molecule has 2 aromatic heterocycles. The molecule has 3 aromatic rings. The number of H-pyrrole nitrogens is 1. The predicted molar refractivity (Wildman–Crippen MR) is 131 cm³/mol. The van der Waals surface area contributed by atoms with Gasteiger partial charge in [0, 0.05) is 35.8 Å². The lowest BCUT2D eigenvalue weighted by atomic mass is 9.86. The number of anilines is 1. The van der Waals surface area contributed by atoms with Gasteiger partial charge >= 0.3 is 5.97 Å². The molecule has 0 unspecified atom stereocenters. The molecule has 1 aromatic carbocycles. The summed E-state index contributed by atoms with van der Waals surface area (Å²) in [5, 5.41) is 4.30. The summed E-state index contributed by atoms with van der Waals surface area (Å²) in [5.74, 6) is 1.14. The average molecular weight is 487 g/mol. The molecule has 34 heavy (non-hydrogen) atoms. The van der Waals surface area contributed by atoms with Gasteiger partial charge in [-0.15, -0.1) is 0 Å². The van der Waals surface area contributed by atoms with Gasteiger partial charge in [0.05, 0.1) is 36.5 Å². The quantitative estimate of drug-likeness (QED) is 0.347. The zero-order valence-corrected chi connectivity index (χ0v) is 20.2. The van der Waals surface area contributed by atoms with Crippen molar-refractivity contribution in [3.63, 3.8) is 0 Å². The number of rotatable bonds is 9. The molecule has 1 aliphatic rings. The second kappa shape index (κ2) is 10.4. The van der Waals surface area contributed by atoms with Crippen LogP contribution in [-0.2, 0) is 19.4 Å². The fourth-order valence-corrected chi connectivity index (χ4v) is 5.02. The van der Waals surface area contributed by atoms with Crippen LogP contribution in [0.1, 0.15) is 32.1 Å². The number of carbonyl (C=O) groups is 1. The van der Waals surface area contributed by atoms with Crippen LogP contribution in [0, 0.1) is 5.92 Å². The normalized spacial score (nSPS) is 18.5. The Labute approximate surface area is 199 Å². The molecule has 0 amide bonds. The molecule has 2 N–H and O–H groups in total. The number of aromatic amines is 1. The van der Waals surface area contributed by atoms with Gasteiger partial charge in [-0.05, 0) is 50.3 Å². The van der Waals surface area contributed by atoms with Gasteiger partial charge in [0.2, 0.25) is 5.95 Å². The van der Waals surface area contributed by atoms with Crippen LogP contribution in [0.2, 0.25) is 0 Å². The maximum atomic E-state index is 11.8. The van der Waals surface area contributed by atoms with Gasteiger partial charge in [0.1, 0.15) is 15.6 Å². The van der Waals surface area contributed by atoms with Crippen LogP contribution in [0.25, 0.3) is 22.2 Å². The van der Waals surface area contributed by atoms with Crippen LogP contribution in [-0.4, -0.2) is 61.1 Å². The Balaban J connectivity index is 1.48. The lowest BCUT2D eigenvalue weighted by Crippen LogP contribution is -2.30. The highest BCUT2D eigenvalue weighted by atomic mass is 32.2. The van der Waals surface area contributed by atoms with Crippen LogP contribution in [0.5, 0.6) is 5.75 Å². The molecule has 1 fully saturated rings. The molecule has 1 aliphatic carbocycles. The molecular weight excluding hydrogens is 456 g/mol. The molecule has 0 bridgehead atoms. The van der Waals surface area contributed by atoms with Crippen LogP contribution in [0.3, 0.4) is 0 Å². The molecule has 0 spiro atoms. The first-order valence-electron chi connectivity index (χ1n) is 11.4. The zero-order valence-electron chi connectivity index (χ0n) is 19.4. The van der Waals surface area contributed by atoms with E-state index < -0.39 is 9.84 Å². The van der Waals surface area contributed by atoms with Crippen LogP contribution >= 0.6 is 0 Å². The molecular formula is C24H30N4O5S. The summed E-state index contributed by atoms with van der Waals surface area (Å²) in [6.45, 7) is 0.307. The fraction of sp³-hybridized carbons (Fsp3) is 0.458. The fourth-order valence-electron chi connectivity index (χ4n) is 4.38. The standard InChI is InChI=1S/C24H30N4O5S/c1-32-23(29)16-7-9-17(10-8-16)27-24-25-12-11-19(28-24)18-15-26-20-5-3-6-21(22(18)20)33-13-4-14-34(2,30)31/h3,5-6,11-12,15-17,26H,4,7-10,13-14H2,1-2H3,(H,25,27,28). The van der Waals surface area contributed by atoms with E-state index in [1.807, 2.05) is 30.5 Å². The van der Waals surface area contributed by atoms with Gasteiger partial charge in [-0.25, -0.2) is 18.4 Å². The van der Waals surface area contributed by atoms with E-state index in [4.69, 9.17) is 14.5 Å². The highest BCUT2D eigenvalue weighted by Crippen LogP contribution is 2.35. The van der Waals surface area contributed by atoms with Crippen molar-refractivity contribution in [1.29, 1.82) is 0 Å². The minimum absolute atomic E-state index is 0.0302. The Morgan fingerprint density at radius 2 is 2.00 bits per heavy atom. The highest BCUT2D eigenvalue weighted by molar-refractivity contribution is 7.90. The van der Waals surface area contributed by atoms with Crippen LogP contribution in [0.15, 0.2) is 36.7 Å². The monoisotopic (exact) mass is 486 g/mol. The molecule has 182 valence electrons. The number of nitrogens with one attached hydrogen (secondary N) is 2. The van der Waals surface area contributed by atoms with Crippen molar-refractivity contribution >= 4 is 32.7 Å². The molecule has 0 atom stereocenters. The summed E-state index contributed by atoms with van der Waals surface area (Å²) in [6.07, 6.45) is 8.54. The van der Waals surface area contributed by atoms with Crippen molar-refractivity contribution in [3.05, 3.63) is 36.7 Å². The summed E-state index contributed by atoms with van der Waals surface area (Å²) in [6, 6.07) is 7.78. The number of methoxy groups -OCH3 is 1. The number of ether oxygens (including phenoxy) is 2. The molecule has 4 rings (SSSR count). The van der Waals surface area contributed by atoms with Crippen molar-refractivity contribution < 1.29 is 22.7 Å². The van der Waals surface area contributed by atoms with Gasteiger partial charge in [-0.3, -0.25) is 4.79 Å². The smallest absolute Gasteiger partial charge is 0.308 e. The molecule has 0 saturated heterocycles. The topological polar surface area (TPSA) is 123 Å². The number of sulfone groups is 1. The molecule has 2 heterocycles. The number of hydrogen-bond donors (Lipinski definition) is 2. The molecule has 10 heteroatoms. The third-order valence-electron chi connectivity index (χ3n) is 6.11. The minimum Gasteiger partial charge on any atom is -0.493 e. The number of hydrogen-bond acceptors (Lipinski definition) is 8. The summed E-state index contributed by atoms with van der Waals surface area (Å²) in [4.78, 5) is 24.1. The number of fused-ring (bicyclic) bond motifs is 1. The van der Waals surface area contributed by atoms with Crippen molar-refractivity contribution in [2.45, 2.75) is 38.1 Å². The first kappa shape index (κ1) is 24.0. The van der Waals surface area contributed by atoms with Gasteiger partial charge in [-0.1, -0.05) is 6.07 Å². The number of benzene rings is 1. The maximum absolute atomic E-state index is 11.8. The predicted octanol–water partition coefficient (Wildman–Crippen LogP) is 3.58. The number of nitrogens with zero attached hydrogens (tertiary/aromatic N) is 2. The first-order valence-corrected chi connectivity index (χ1v) is 13.5. The van der Waals surface area contributed by atoms with E-state index in [1.165, 1.54) is 13.4 Å². The zero-order chi connectivity index (χ0) is 24.1. The van der Waals surface area contributed by atoms with Gasteiger partial charge in [-0.2, -0.15) is 0 Å². The van der Waals surface area contributed by atoms with Crippen molar-refractivity contribution in [3.8, 4) is 17.0 Å². The molecule has 0 aliphatic heterocycles. The first-order chi connectivity index (χ1) is 16.3. The maximum Gasteiger partial charge on any atom is 0.308 e. The second-order valence-corrected chi connectivity index (χ2v) is 11.0. The molecule has 1 saturated carbocycles. The van der Waals surface area contributed by atoms with Gasteiger partial charge in [0.15, 0.2) is 0 Å². The third kappa shape index (κ3) is 5.85. The van der Waals surface area contributed by atoms with E-state index in [2.05, 4.69) is 15.3 Å². The van der Waals surface area contributed by atoms with Gasteiger partial charge in [0.25, 0.3) is 0 Å². The second-order valence-electron chi connectivity index (χ2n) is 8.69. The van der Waals surface area contributed by atoms with E-state index in [0.717, 1.165) is 47.8 Å². The lowest BCUT2D eigenvalue weighted by molar-refractivity contribution is -0.146. The third-order valence-corrected chi connectivity index (χ3v) is 7.14. The number of carbonyl (C=O) groups excluding carboxylic acids is 1. The molecule has 0 radical (unpaired) electrons. The van der Waals surface area contributed by atoms with E-state index in [9.17, 15) is 13.2 Å². The van der Waals surface area contributed by atoms with Gasteiger partial charge < -0.3 is 19.8 Å². The van der Waals surface area contributed by atoms with E-state index >= 15 is 0 Å². The Bertz CT molecular complexity index is 1250. The highest BCUT2D eigenvalue weighted by Gasteiger charge is 2.27. The molecule has 9 nitrogen and oxygen atoms in total. The summed E-state index contributed by atoms with van der Waals surface area (Å²) in [7, 11) is -1.59. The Morgan fingerprint density at radius 1 is 1.21 bits per heavy atom. The number of esters is 1. The average Bonchev–Trinajstić information content (AvgIpc) is 3.26. The van der Waals surface area contributed by atoms with Crippen molar-refractivity contribution in [2.75, 3.05) is 31.0 Å². The Hall–Kier alpha value is -3.14. The summed E-state index contributed by atoms with van der Waals surface area (Å²) in [5.41, 5.74) is 2.54.